The van der Waals surface area contributed by atoms with Crippen LogP contribution in [-0.2, 0) is 18.0 Å². The van der Waals surface area contributed by atoms with E-state index in [9.17, 15) is 9.00 Å². The molecule has 2 atom stereocenters. The summed E-state index contributed by atoms with van der Waals surface area (Å²) in [5.41, 5.74) is 1.49. The normalized spacial score (nSPS) is 15.0. The molecule has 0 aliphatic rings. The van der Waals surface area contributed by atoms with Crippen molar-refractivity contribution in [3.05, 3.63) is 45.2 Å². The molecule has 0 fully saturated rings. The molecule has 0 aliphatic heterocycles. The van der Waals surface area contributed by atoms with Gasteiger partial charge in [-0.2, -0.15) is 0 Å². The molecule has 1 unspecified atom stereocenters. The van der Waals surface area contributed by atoms with Crippen molar-refractivity contribution in [2.45, 2.75) is 37.9 Å². The summed E-state index contributed by atoms with van der Waals surface area (Å²) in [5.74, 6) is -0.0513. The van der Waals surface area contributed by atoms with Crippen LogP contribution < -0.4 is 10.7 Å². The average Bonchev–Trinajstić information content (AvgIpc) is 2.41. The summed E-state index contributed by atoms with van der Waals surface area (Å²) in [4.78, 5) is 12.6. The number of fused-ring (bicyclic) bond motifs is 1. The SMILES string of the molecule is C[C@@H](CC(C)(C)S(N)=O)c1cc2cc(Cl)ccc2n(C)c1=O. The summed E-state index contributed by atoms with van der Waals surface area (Å²) >= 11 is 6.05. The van der Waals surface area contributed by atoms with Crippen molar-refractivity contribution >= 4 is 33.5 Å². The number of rotatable bonds is 4. The van der Waals surface area contributed by atoms with E-state index in [0.717, 1.165) is 10.9 Å². The van der Waals surface area contributed by atoms with E-state index in [1.807, 2.05) is 39.0 Å². The predicted octanol–water partition coefficient (Wildman–Crippen LogP) is 3.09. The molecule has 0 saturated heterocycles. The number of hydrogen-bond donors (Lipinski definition) is 1. The molecular formula is C16H21ClN2O2S. The van der Waals surface area contributed by atoms with Gasteiger partial charge < -0.3 is 4.57 Å². The smallest absolute Gasteiger partial charge is 0.254 e. The van der Waals surface area contributed by atoms with Gasteiger partial charge in [-0.15, -0.1) is 0 Å². The van der Waals surface area contributed by atoms with E-state index < -0.39 is 15.7 Å². The Morgan fingerprint density at radius 2 is 2.00 bits per heavy atom. The Labute approximate surface area is 137 Å². The lowest BCUT2D eigenvalue weighted by molar-refractivity contribution is 0.536. The first-order valence-electron chi connectivity index (χ1n) is 7.09. The van der Waals surface area contributed by atoms with Crippen LogP contribution in [0.3, 0.4) is 0 Å². The van der Waals surface area contributed by atoms with Crippen LogP contribution >= 0.6 is 11.6 Å². The van der Waals surface area contributed by atoms with Gasteiger partial charge in [0.05, 0.1) is 21.2 Å². The summed E-state index contributed by atoms with van der Waals surface area (Å²) in [7, 11) is 0.308. The van der Waals surface area contributed by atoms with Gasteiger partial charge in [0.1, 0.15) is 0 Å². The van der Waals surface area contributed by atoms with Gasteiger partial charge in [0.15, 0.2) is 0 Å². The largest absolute Gasteiger partial charge is 0.311 e. The highest BCUT2D eigenvalue weighted by Gasteiger charge is 2.28. The van der Waals surface area contributed by atoms with Crippen LogP contribution in [-0.4, -0.2) is 13.5 Å². The third-order valence-corrected chi connectivity index (χ3v) is 5.58. The number of halogens is 1. The van der Waals surface area contributed by atoms with E-state index in [1.54, 1.807) is 17.7 Å². The Bertz CT molecular complexity index is 799. The maximum Gasteiger partial charge on any atom is 0.254 e. The number of nitrogens with two attached hydrogens (primary N) is 1. The van der Waals surface area contributed by atoms with Crippen molar-refractivity contribution in [3.63, 3.8) is 0 Å². The first kappa shape index (κ1) is 17.2. The Morgan fingerprint density at radius 1 is 1.36 bits per heavy atom. The van der Waals surface area contributed by atoms with Gasteiger partial charge >= 0.3 is 0 Å². The fourth-order valence-corrected chi connectivity index (χ4v) is 3.36. The first-order chi connectivity index (χ1) is 10.1. The second-order valence-electron chi connectivity index (χ2n) is 6.33. The Morgan fingerprint density at radius 3 is 2.59 bits per heavy atom. The fraction of sp³-hybridized carbons (Fsp3) is 0.438. The van der Waals surface area contributed by atoms with Crippen molar-refractivity contribution < 1.29 is 4.21 Å². The van der Waals surface area contributed by atoms with Crippen LogP contribution in [0.5, 0.6) is 0 Å². The summed E-state index contributed by atoms with van der Waals surface area (Å²) < 4.78 is 12.7. The van der Waals surface area contributed by atoms with E-state index in [2.05, 4.69) is 0 Å². The molecule has 120 valence electrons. The Hall–Kier alpha value is -1.17. The topological polar surface area (TPSA) is 65.1 Å². The number of benzene rings is 1. The van der Waals surface area contributed by atoms with Crippen LogP contribution in [0.25, 0.3) is 10.9 Å². The zero-order chi connectivity index (χ0) is 16.7. The number of aryl methyl sites for hydroxylation is 1. The lowest BCUT2D eigenvalue weighted by Crippen LogP contribution is -2.34. The second kappa shape index (κ2) is 6.14. The minimum Gasteiger partial charge on any atom is -0.311 e. The third-order valence-electron chi connectivity index (χ3n) is 4.09. The third kappa shape index (κ3) is 3.26. The molecule has 0 radical (unpaired) electrons. The molecular weight excluding hydrogens is 320 g/mol. The summed E-state index contributed by atoms with van der Waals surface area (Å²) in [5, 5.41) is 7.10. The maximum atomic E-state index is 12.6. The lowest BCUT2D eigenvalue weighted by atomic mass is 9.91. The molecule has 1 aromatic carbocycles. The quantitative estimate of drug-likeness (QED) is 0.929. The van der Waals surface area contributed by atoms with Gasteiger partial charge in [-0.05, 0) is 50.5 Å². The second-order valence-corrected chi connectivity index (χ2v) is 8.47. The molecule has 1 heterocycles. The van der Waals surface area contributed by atoms with Gasteiger partial charge in [-0.1, -0.05) is 18.5 Å². The minimum absolute atomic E-state index is 0.0408. The van der Waals surface area contributed by atoms with Crippen molar-refractivity contribution in [1.82, 2.24) is 4.57 Å². The van der Waals surface area contributed by atoms with E-state index in [0.29, 0.717) is 17.0 Å². The van der Waals surface area contributed by atoms with E-state index in [-0.39, 0.29) is 11.5 Å². The molecule has 0 saturated carbocycles. The lowest BCUT2D eigenvalue weighted by Gasteiger charge is -2.25. The molecule has 2 N–H and O–H groups in total. The van der Waals surface area contributed by atoms with Crippen LogP contribution in [0, 0.1) is 0 Å². The molecule has 1 aromatic heterocycles. The van der Waals surface area contributed by atoms with Crippen LogP contribution in [0.2, 0.25) is 5.02 Å². The van der Waals surface area contributed by atoms with E-state index >= 15 is 0 Å². The monoisotopic (exact) mass is 340 g/mol. The van der Waals surface area contributed by atoms with Gasteiger partial charge in [0, 0.05) is 23.0 Å². The van der Waals surface area contributed by atoms with Gasteiger partial charge in [0.2, 0.25) is 0 Å². The average molecular weight is 341 g/mol. The van der Waals surface area contributed by atoms with Gasteiger partial charge in [0.25, 0.3) is 5.56 Å². The van der Waals surface area contributed by atoms with Crippen LogP contribution in [0.15, 0.2) is 29.1 Å². The highest BCUT2D eigenvalue weighted by molar-refractivity contribution is 7.84. The number of pyridine rings is 1. The number of nitrogens with zero attached hydrogens (tertiary/aromatic N) is 1. The highest BCUT2D eigenvalue weighted by Crippen LogP contribution is 2.28. The van der Waals surface area contributed by atoms with Crippen molar-refractivity contribution in [3.8, 4) is 0 Å². The predicted molar refractivity (Wildman–Crippen MR) is 93.6 cm³/mol. The zero-order valence-corrected chi connectivity index (χ0v) is 14.8. The van der Waals surface area contributed by atoms with Crippen molar-refractivity contribution in [1.29, 1.82) is 0 Å². The van der Waals surface area contributed by atoms with Crippen molar-refractivity contribution in [2.75, 3.05) is 0 Å². The first-order valence-corrected chi connectivity index (χ1v) is 8.68. The number of hydrogen-bond acceptors (Lipinski definition) is 2. The van der Waals surface area contributed by atoms with E-state index in [1.165, 1.54) is 0 Å². The van der Waals surface area contributed by atoms with Crippen LogP contribution in [0.4, 0.5) is 0 Å². The molecule has 6 heteroatoms. The van der Waals surface area contributed by atoms with E-state index in [4.69, 9.17) is 16.7 Å². The molecule has 0 amide bonds. The summed E-state index contributed by atoms with van der Waals surface area (Å²) in [6.45, 7) is 5.66. The zero-order valence-electron chi connectivity index (χ0n) is 13.2. The van der Waals surface area contributed by atoms with Crippen LogP contribution in [0.1, 0.15) is 38.7 Å². The Balaban J connectivity index is 2.54. The summed E-state index contributed by atoms with van der Waals surface area (Å²) in [6.07, 6.45) is 0.567. The Kier molecular flexibility index (Phi) is 4.80. The summed E-state index contributed by atoms with van der Waals surface area (Å²) in [6, 6.07) is 7.34. The number of aromatic nitrogens is 1. The molecule has 0 aliphatic carbocycles. The maximum absolute atomic E-state index is 12.6. The molecule has 0 spiro atoms. The standard InChI is InChI=1S/C16H21ClN2O2S/c1-10(9-16(2,3)22(18)21)13-8-11-7-12(17)5-6-14(11)19(4)15(13)20/h5-8,10H,9,18H2,1-4H3/t10-,22?/m0/s1. The molecule has 2 aromatic rings. The van der Waals surface area contributed by atoms with Crippen molar-refractivity contribution in [2.24, 2.45) is 12.2 Å². The molecule has 0 bridgehead atoms. The highest BCUT2D eigenvalue weighted by atomic mass is 35.5. The minimum atomic E-state index is -1.44. The molecule has 22 heavy (non-hydrogen) atoms. The molecule has 4 nitrogen and oxygen atoms in total. The molecule has 2 rings (SSSR count). The van der Waals surface area contributed by atoms with Gasteiger partial charge in [-0.3, -0.25) is 9.93 Å². The fourth-order valence-electron chi connectivity index (χ4n) is 2.76. The van der Waals surface area contributed by atoms with Gasteiger partial charge in [-0.25, -0.2) is 4.21 Å².